The average Bonchev–Trinajstić information content (AvgIpc) is 2.60. The predicted molar refractivity (Wildman–Crippen MR) is 95.6 cm³/mol. The summed E-state index contributed by atoms with van der Waals surface area (Å²) in [4.78, 5) is 22.8. The van der Waals surface area contributed by atoms with Gasteiger partial charge in [-0.3, -0.25) is 20.2 Å². The van der Waals surface area contributed by atoms with Crippen LogP contribution in [0.2, 0.25) is 0 Å². The number of rotatable bonds is 4. The molecule has 1 heterocycles. The first-order valence-electron chi connectivity index (χ1n) is 8.76. The van der Waals surface area contributed by atoms with E-state index in [9.17, 15) is 29.0 Å². The van der Waals surface area contributed by atoms with Gasteiger partial charge in [-0.05, 0) is 62.4 Å². The van der Waals surface area contributed by atoms with Crippen molar-refractivity contribution in [1.29, 1.82) is 0 Å². The van der Waals surface area contributed by atoms with Crippen LogP contribution in [0.25, 0.3) is 0 Å². The molecular weight excluding hydrogens is 372 g/mol. The molecule has 3 rings (SSSR count). The lowest BCUT2D eigenvalue weighted by Crippen LogP contribution is -2.96. The number of halogens is 2. The summed E-state index contributed by atoms with van der Waals surface area (Å²) in [5, 5.41) is 25.4. The third kappa shape index (κ3) is 3.45. The van der Waals surface area contributed by atoms with Gasteiger partial charge in [0.05, 0.1) is 0 Å². The molecule has 1 aliphatic heterocycles. The van der Waals surface area contributed by atoms with Crippen LogP contribution < -0.4 is 5.32 Å². The van der Waals surface area contributed by atoms with Crippen molar-refractivity contribution < 1.29 is 23.9 Å². The van der Waals surface area contributed by atoms with E-state index in [0.717, 1.165) is 0 Å². The zero-order valence-corrected chi connectivity index (χ0v) is 15.3. The van der Waals surface area contributed by atoms with Crippen molar-refractivity contribution in [1.82, 2.24) is 0 Å². The molecule has 9 heteroatoms. The van der Waals surface area contributed by atoms with E-state index >= 15 is 0 Å². The topological polar surface area (TPSA) is 103 Å². The summed E-state index contributed by atoms with van der Waals surface area (Å²) in [7, 11) is 0. The van der Waals surface area contributed by atoms with E-state index in [0.29, 0.717) is 11.1 Å². The quantitative estimate of drug-likeness (QED) is 0.638. The molecule has 1 saturated heterocycles. The molecule has 1 fully saturated rings. The van der Waals surface area contributed by atoms with Gasteiger partial charge in [-0.15, -0.1) is 0 Å². The fourth-order valence-electron chi connectivity index (χ4n) is 4.30. The predicted octanol–water partition coefficient (Wildman–Crippen LogP) is 2.64. The molecule has 28 heavy (non-hydrogen) atoms. The highest BCUT2D eigenvalue weighted by molar-refractivity contribution is 5.24. The molecule has 0 radical (unpaired) electrons. The van der Waals surface area contributed by atoms with Crippen LogP contribution in [0.1, 0.15) is 37.1 Å². The Morgan fingerprint density at radius 2 is 1.11 bits per heavy atom. The first-order chi connectivity index (χ1) is 13.1. The number of nitro groups is 2. The Balaban J connectivity index is 2.14. The molecule has 2 aromatic carbocycles. The Kier molecular flexibility index (Phi) is 5.12. The highest BCUT2D eigenvalue weighted by Crippen LogP contribution is 2.43. The molecule has 0 amide bonds. The number of quaternary nitrogens is 1. The highest BCUT2D eigenvalue weighted by atomic mass is 19.1. The van der Waals surface area contributed by atoms with Gasteiger partial charge in [-0.1, -0.05) is 0 Å². The molecule has 2 N–H and O–H groups in total. The second-order valence-electron chi connectivity index (χ2n) is 7.63. The van der Waals surface area contributed by atoms with Gasteiger partial charge in [-0.2, -0.15) is 0 Å². The van der Waals surface area contributed by atoms with Crippen LogP contribution >= 0.6 is 0 Å². The molecule has 0 unspecified atom stereocenters. The minimum Gasteiger partial charge on any atom is -0.322 e. The molecule has 0 saturated carbocycles. The smallest absolute Gasteiger partial charge is 0.279 e. The van der Waals surface area contributed by atoms with Crippen molar-refractivity contribution in [3.05, 3.63) is 91.5 Å². The third-order valence-electron chi connectivity index (χ3n) is 5.58. The van der Waals surface area contributed by atoms with Gasteiger partial charge in [0, 0.05) is 21.0 Å². The summed E-state index contributed by atoms with van der Waals surface area (Å²) in [6.07, 6.45) is 0. The van der Waals surface area contributed by atoms with Crippen LogP contribution in [0.3, 0.4) is 0 Å². The Bertz CT molecular complexity index is 816. The van der Waals surface area contributed by atoms with Crippen LogP contribution in [0.4, 0.5) is 8.78 Å². The summed E-state index contributed by atoms with van der Waals surface area (Å²) in [5.41, 5.74) is -0.310. The zero-order chi connectivity index (χ0) is 20.6. The number of hydrogen-bond donors (Lipinski definition) is 1. The van der Waals surface area contributed by atoms with Crippen LogP contribution in [0, 0.1) is 37.3 Å². The molecule has 0 bridgehead atoms. The van der Waals surface area contributed by atoms with Crippen LogP contribution in [0.15, 0.2) is 48.5 Å². The summed E-state index contributed by atoms with van der Waals surface area (Å²) in [5.74, 6) is -0.954. The lowest BCUT2D eigenvalue weighted by Gasteiger charge is -2.41. The van der Waals surface area contributed by atoms with Crippen molar-refractivity contribution >= 4 is 0 Å². The summed E-state index contributed by atoms with van der Waals surface area (Å²) >= 11 is 0. The second-order valence-corrected chi connectivity index (χ2v) is 7.63. The zero-order valence-electron chi connectivity index (χ0n) is 15.3. The van der Waals surface area contributed by atoms with Crippen LogP contribution in [-0.2, 0) is 0 Å². The van der Waals surface area contributed by atoms with E-state index in [1.165, 1.54) is 62.4 Å². The van der Waals surface area contributed by atoms with Crippen LogP contribution in [-0.4, -0.2) is 21.9 Å². The minimum absolute atomic E-state index is 0.477. The van der Waals surface area contributed by atoms with E-state index in [2.05, 4.69) is 0 Å². The molecule has 2 aromatic rings. The molecule has 148 valence electrons. The van der Waals surface area contributed by atoms with E-state index in [1.54, 1.807) is 5.32 Å². The SMILES string of the molecule is CC1(C)[C@@H]([N+](=O)[O-])[C@@H](c2ccc(F)cc2)[NH2+][C@H](c2ccc(F)cc2)[C@H]1[N+](=O)[O-]. The second kappa shape index (κ2) is 7.23. The summed E-state index contributed by atoms with van der Waals surface area (Å²) < 4.78 is 26.7. The minimum atomic E-state index is -1.32. The standard InChI is InChI=1S/C19H19F2N3O4/c1-19(2)17(23(25)26)15(11-3-7-13(20)8-4-11)22-16(18(19)24(27)28)12-5-9-14(21)10-6-12/h3-10,15-18,22H,1-2H3/p+1/t15-,16-,17-,18+/m1/s1. The maximum atomic E-state index is 13.3. The maximum Gasteiger partial charge on any atom is 0.279 e. The van der Waals surface area contributed by atoms with E-state index in [4.69, 9.17) is 0 Å². The molecule has 0 aliphatic carbocycles. The lowest BCUT2D eigenvalue weighted by atomic mass is 9.66. The third-order valence-corrected chi connectivity index (χ3v) is 5.58. The monoisotopic (exact) mass is 392 g/mol. The van der Waals surface area contributed by atoms with Crippen molar-refractivity contribution in [2.75, 3.05) is 0 Å². The van der Waals surface area contributed by atoms with Crippen LogP contribution in [0.5, 0.6) is 0 Å². The lowest BCUT2D eigenvalue weighted by molar-refractivity contribution is -0.818. The van der Waals surface area contributed by atoms with Crippen molar-refractivity contribution in [2.24, 2.45) is 5.41 Å². The van der Waals surface area contributed by atoms with Gasteiger partial charge >= 0.3 is 0 Å². The number of piperidine rings is 1. The highest BCUT2D eigenvalue weighted by Gasteiger charge is 2.65. The van der Waals surface area contributed by atoms with Crippen molar-refractivity contribution in [3.8, 4) is 0 Å². The fourth-order valence-corrected chi connectivity index (χ4v) is 4.30. The Labute approximate surface area is 159 Å². The van der Waals surface area contributed by atoms with Crippen molar-refractivity contribution in [3.63, 3.8) is 0 Å². The molecule has 4 atom stereocenters. The summed E-state index contributed by atoms with van der Waals surface area (Å²) in [6, 6.07) is 6.57. The maximum absolute atomic E-state index is 13.3. The Morgan fingerprint density at radius 3 is 1.39 bits per heavy atom. The molecule has 0 spiro atoms. The number of nitrogens with zero attached hydrogens (tertiary/aromatic N) is 2. The van der Waals surface area contributed by atoms with E-state index in [-0.39, 0.29) is 0 Å². The molecule has 7 nitrogen and oxygen atoms in total. The number of benzene rings is 2. The Hall–Kier alpha value is -2.94. The molecular formula is C19H20F2N3O4+. The number of hydrogen-bond acceptors (Lipinski definition) is 4. The molecule has 1 aliphatic rings. The van der Waals surface area contributed by atoms with Gasteiger partial charge in [0.1, 0.15) is 17.0 Å². The first-order valence-corrected chi connectivity index (χ1v) is 8.76. The largest absolute Gasteiger partial charge is 0.322 e. The normalized spacial score (nSPS) is 26.6. The first kappa shape index (κ1) is 19.8. The van der Waals surface area contributed by atoms with Gasteiger partial charge in [0.2, 0.25) is 0 Å². The van der Waals surface area contributed by atoms with Gasteiger partial charge in [0.25, 0.3) is 12.1 Å². The fraction of sp³-hybridized carbons (Fsp3) is 0.368. The van der Waals surface area contributed by atoms with Gasteiger partial charge in [-0.25, -0.2) is 8.78 Å². The van der Waals surface area contributed by atoms with Gasteiger partial charge < -0.3 is 5.32 Å². The van der Waals surface area contributed by atoms with E-state index < -0.39 is 51.1 Å². The van der Waals surface area contributed by atoms with Crippen molar-refractivity contribution in [2.45, 2.75) is 38.0 Å². The molecule has 0 aromatic heterocycles. The Morgan fingerprint density at radius 1 is 0.786 bits per heavy atom. The summed E-state index contributed by atoms with van der Waals surface area (Å²) in [6.45, 7) is 3.02. The number of nitrogens with two attached hydrogens (primary N) is 1. The van der Waals surface area contributed by atoms with E-state index in [1.807, 2.05) is 0 Å². The average molecular weight is 392 g/mol. The van der Waals surface area contributed by atoms with Gasteiger partial charge in [0.15, 0.2) is 12.1 Å².